The van der Waals surface area contributed by atoms with Crippen LogP contribution < -0.4 is 5.73 Å². The molecule has 0 saturated carbocycles. The lowest BCUT2D eigenvalue weighted by Crippen LogP contribution is -2.18. The van der Waals surface area contributed by atoms with Crippen molar-refractivity contribution in [2.24, 2.45) is 5.73 Å². The Morgan fingerprint density at radius 2 is 1.88 bits per heavy atom. The minimum Gasteiger partial charge on any atom is -0.364 e. The number of nitrogens with one attached hydrogen (secondary N) is 1. The van der Waals surface area contributed by atoms with Crippen LogP contribution in [-0.4, -0.2) is 40.5 Å². The van der Waals surface area contributed by atoms with Crippen LogP contribution in [-0.2, 0) is 9.84 Å². The summed E-state index contributed by atoms with van der Waals surface area (Å²) in [5.74, 6) is -0.937. The molecule has 2 aromatic heterocycles. The minimum atomic E-state index is -3.55. The molecule has 0 spiro atoms. The fraction of sp³-hybridized carbons (Fsp3) is 0.294. The fourth-order valence-corrected chi connectivity index (χ4v) is 3.66. The van der Waals surface area contributed by atoms with Crippen molar-refractivity contribution >= 4 is 26.6 Å². The summed E-state index contributed by atoms with van der Waals surface area (Å²) in [6.07, 6.45) is 4.07. The van der Waals surface area contributed by atoms with Crippen LogP contribution in [0.2, 0.25) is 0 Å². The van der Waals surface area contributed by atoms with E-state index in [9.17, 15) is 13.2 Å². The summed E-state index contributed by atoms with van der Waals surface area (Å²) >= 11 is 0. The highest BCUT2D eigenvalue weighted by Crippen LogP contribution is 2.13. The summed E-state index contributed by atoms with van der Waals surface area (Å²) in [5.41, 5.74) is 5.72. The van der Waals surface area contributed by atoms with Crippen molar-refractivity contribution in [2.45, 2.75) is 31.2 Å². The number of para-hydroxylation sites is 1. The molecule has 1 amide bonds. The van der Waals surface area contributed by atoms with Gasteiger partial charge in [0.2, 0.25) is 0 Å². The highest BCUT2D eigenvalue weighted by atomic mass is 32.2. The predicted octanol–water partition coefficient (Wildman–Crippen LogP) is 2.10. The predicted molar refractivity (Wildman–Crippen MR) is 98.2 cm³/mol. The lowest BCUT2D eigenvalue weighted by Gasteiger charge is -2.01. The first-order chi connectivity index (χ1) is 12.5. The maximum Gasteiger partial charge on any atom is 0.272 e. The van der Waals surface area contributed by atoms with Crippen LogP contribution in [0.3, 0.4) is 0 Å². The maximum atomic E-state index is 11.8. The second-order valence-corrected chi connectivity index (χ2v) is 7.62. The number of hydrogen-bond acceptors (Lipinski definition) is 6. The molecule has 9 heteroatoms. The number of pyridine rings is 1. The van der Waals surface area contributed by atoms with Gasteiger partial charge in [-0.2, -0.15) is 0 Å². The largest absolute Gasteiger partial charge is 0.364 e. The van der Waals surface area contributed by atoms with Gasteiger partial charge in [0.15, 0.2) is 20.6 Å². The van der Waals surface area contributed by atoms with Crippen LogP contribution in [0.15, 0.2) is 47.6 Å². The Morgan fingerprint density at radius 1 is 1.15 bits per heavy atom. The monoisotopic (exact) mass is 375 g/mol. The summed E-state index contributed by atoms with van der Waals surface area (Å²) in [6, 6.07) is 12.1. The molecule has 0 saturated heterocycles. The first-order valence-corrected chi connectivity index (χ1v) is 9.84. The normalized spacial score (nSPS) is 11.0. The first-order valence-electron chi connectivity index (χ1n) is 8.19. The maximum absolute atomic E-state index is 11.8. The molecular formula is C17H21N5O3S. The number of aromatic nitrogens is 4. The van der Waals surface area contributed by atoms with Gasteiger partial charge in [-0.1, -0.05) is 49.2 Å². The molecule has 0 unspecified atom stereocenters. The highest BCUT2D eigenvalue weighted by Gasteiger charge is 2.24. The zero-order valence-corrected chi connectivity index (χ0v) is 15.2. The van der Waals surface area contributed by atoms with Crippen molar-refractivity contribution < 1.29 is 13.2 Å². The number of sulfone groups is 1. The van der Waals surface area contributed by atoms with E-state index >= 15 is 0 Å². The van der Waals surface area contributed by atoms with Crippen molar-refractivity contribution in [3.63, 3.8) is 0 Å². The Kier molecular flexibility index (Phi) is 6.79. The molecule has 0 fully saturated rings. The third-order valence-corrected chi connectivity index (χ3v) is 5.32. The van der Waals surface area contributed by atoms with E-state index in [0.717, 1.165) is 18.4 Å². The van der Waals surface area contributed by atoms with E-state index in [2.05, 4.69) is 32.5 Å². The van der Waals surface area contributed by atoms with Crippen molar-refractivity contribution in [3.05, 3.63) is 48.3 Å². The molecule has 0 atom stereocenters. The van der Waals surface area contributed by atoms with Crippen LogP contribution in [0.4, 0.5) is 0 Å². The summed E-state index contributed by atoms with van der Waals surface area (Å²) < 4.78 is 23.5. The van der Waals surface area contributed by atoms with Crippen LogP contribution in [0.25, 0.3) is 10.9 Å². The van der Waals surface area contributed by atoms with E-state index in [1.807, 2.05) is 37.4 Å². The van der Waals surface area contributed by atoms with E-state index < -0.39 is 15.7 Å². The fourth-order valence-electron chi connectivity index (χ4n) is 2.26. The number of fused-ring (bicyclic) bond motifs is 1. The molecule has 3 rings (SSSR count). The smallest absolute Gasteiger partial charge is 0.272 e. The molecule has 0 aliphatic carbocycles. The third kappa shape index (κ3) is 5.09. The molecule has 0 aliphatic rings. The number of carbonyl (C=O) groups excluding carboxylic acids is 1. The van der Waals surface area contributed by atoms with E-state index in [4.69, 9.17) is 5.73 Å². The molecule has 2 heterocycles. The Morgan fingerprint density at radius 3 is 2.58 bits per heavy atom. The number of unbranched alkanes of at least 4 members (excludes halogenated alkanes) is 2. The minimum absolute atomic E-state index is 0.0367. The molecule has 0 aliphatic heterocycles. The van der Waals surface area contributed by atoms with Gasteiger partial charge in [-0.05, 0) is 18.6 Å². The van der Waals surface area contributed by atoms with Crippen molar-refractivity contribution in [1.82, 2.24) is 20.4 Å². The molecule has 3 aromatic rings. The SMILES string of the molecule is CCCCCS(=O)(=O)c1[nH]nnc1C(N)=O.c1ccc2ncccc2c1. The van der Waals surface area contributed by atoms with E-state index in [-0.39, 0.29) is 16.5 Å². The molecule has 1 aromatic carbocycles. The van der Waals surface area contributed by atoms with Gasteiger partial charge in [0.05, 0.1) is 11.3 Å². The summed E-state index contributed by atoms with van der Waals surface area (Å²) in [5, 5.41) is 9.76. The Balaban J connectivity index is 0.000000206. The summed E-state index contributed by atoms with van der Waals surface area (Å²) in [7, 11) is -3.55. The number of nitrogens with zero attached hydrogens (tertiary/aromatic N) is 3. The Labute approximate surface area is 151 Å². The van der Waals surface area contributed by atoms with Crippen LogP contribution >= 0.6 is 0 Å². The van der Waals surface area contributed by atoms with Gasteiger partial charge in [-0.15, -0.1) is 5.10 Å². The summed E-state index contributed by atoms with van der Waals surface area (Å²) in [4.78, 5) is 15.1. The quantitative estimate of drug-likeness (QED) is 0.634. The summed E-state index contributed by atoms with van der Waals surface area (Å²) in [6.45, 7) is 1.97. The first kappa shape index (κ1) is 19.5. The second kappa shape index (κ2) is 9.04. The van der Waals surface area contributed by atoms with Crippen molar-refractivity contribution in [3.8, 4) is 0 Å². The number of benzene rings is 1. The number of aromatic amines is 1. The van der Waals surface area contributed by atoms with E-state index in [0.29, 0.717) is 6.42 Å². The Bertz CT molecular complexity index is 904. The number of H-pyrrole nitrogens is 1. The number of rotatable bonds is 6. The number of carbonyl (C=O) groups is 1. The second-order valence-electron chi connectivity index (χ2n) is 5.58. The van der Waals surface area contributed by atoms with Gasteiger partial charge in [0, 0.05) is 11.6 Å². The molecule has 3 N–H and O–H groups in total. The average molecular weight is 375 g/mol. The van der Waals surface area contributed by atoms with E-state index in [1.165, 1.54) is 5.39 Å². The molecule has 138 valence electrons. The number of nitrogens with two attached hydrogens (primary N) is 1. The lowest BCUT2D eigenvalue weighted by molar-refractivity contribution is 0.0992. The molecule has 8 nitrogen and oxygen atoms in total. The molecule has 0 bridgehead atoms. The van der Waals surface area contributed by atoms with Gasteiger partial charge in [0.1, 0.15) is 0 Å². The zero-order valence-electron chi connectivity index (χ0n) is 14.4. The van der Waals surface area contributed by atoms with Crippen molar-refractivity contribution in [2.75, 3.05) is 5.75 Å². The van der Waals surface area contributed by atoms with Gasteiger partial charge in [-0.3, -0.25) is 9.78 Å². The number of primary amides is 1. The topological polar surface area (TPSA) is 132 Å². The molecule has 0 radical (unpaired) electrons. The van der Waals surface area contributed by atoms with Gasteiger partial charge in [0.25, 0.3) is 5.91 Å². The van der Waals surface area contributed by atoms with E-state index in [1.54, 1.807) is 0 Å². The highest BCUT2D eigenvalue weighted by molar-refractivity contribution is 7.91. The van der Waals surface area contributed by atoms with Crippen LogP contribution in [0.1, 0.15) is 36.7 Å². The van der Waals surface area contributed by atoms with Crippen LogP contribution in [0, 0.1) is 0 Å². The van der Waals surface area contributed by atoms with Crippen LogP contribution in [0.5, 0.6) is 0 Å². The standard InChI is InChI=1S/C9H7N.C8H14N4O3S/c1-2-6-9-8(4-1)5-3-7-10-9;1-2-3-4-5-16(14,15)8-6(7(9)13)10-12-11-8/h1-7H;2-5H2,1H3,(H2,9,13)(H,10,11,12). The van der Waals surface area contributed by atoms with Gasteiger partial charge < -0.3 is 5.73 Å². The van der Waals surface area contributed by atoms with Crippen molar-refractivity contribution in [1.29, 1.82) is 0 Å². The third-order valence-electron chi connectivity index (χ3n) is 3.59. The van der Waals surface area contributed by atoms with Gasteiger partial charge >= 0.3 is 0 Å². The van der Waals surface area contributed by atoms with Gasteiger partial charge in [-0.25, -0.2) is 13.5 Å². The Hall–Kier alpha value is -2.81. The lowest BCUT2D eigenvalue weighted by atomic mass is 10.2. The average Bonchev–Trinajstić information content (AvgIpc) is 3.14. The zero-order chi connectivity index (χ0) is 19.0. The number of amides is 1. The molecule has 26 heavy (non-hydrogen) atoms. The molecular weight excluding hydrogens is 354 g/mol. The number of hydrogen-bond donors (Lipinski definition) is 2.